The van der Waals surface area contributed by atoms with Crippen molar-refractivity contribution in [3.8, 4) is 5.75 Å². The van der Waals surface area contributed by atoms with E-state index >= 15 is 0 Å². The van der Waals surface area contributed by atoms with Crippen molar-refractivity contribution in [3.63, 3.8) is 0 Å². The second-order valence-corrected chi connectivity index (χ2v) is 7.95. The third-order valence-corrected chi connectivity index (χ3v) is 6.25. The number of halogens is 1. The number of aliphatic hydroxyl groups is 1. The largest absolute Gasteiger partial charge is 0.489 e. The monoisotopic (exact) mass is 389 g/mol. The number of para-hydroxylation sites is 2. The minimum atomic E-state index is -1.08. The summed E-state index contributed by atoms with van der Waals surface area (Å²) in [6.45, 7) is 3.88. The van der Waals surface area contributed by atoms with Gasteiger partial charge in [-0.05, 0) is 49.4 Å². The molecule has 2 aliphatic rings. The lowest BCUT2D eigenvalue weighted by atomic mass is 10.0. The van der Waals surface area contributed by atoms with Crippen LogP contribution in [-0.4, -0.2) is 40.3 Å². The lowest BCUT2D eigenvalue weighted by Crippen LogP contribution is -2.41. The van der Waals surface area contributed by atoms with Crippen LogP contribution in [0, 0.1) is 0 Å². The Labute approximate surface area is 163 Å². The average Bonchev–Trinajstić information content (AvgIpc) is 2.97. The average molecular weight is 390 g/mol. The van der Waals surface area contributed by atoms with Gasteiger partial charge >= 0.3 is 5.17 Å². The molecule has 4 rings (SSSR count). The van der Waals surface area contributed by atoms with Gasteiger partial charge in [-0.3, -0.25) is 0 Å². The maximum atomic E-state index is 11.7. The van der Waals surface area contributed by atoms with Crippen LogP contribution >= 0.6 is 23.4 Å². The van der Waals surface area contributed by atoms with Crippen molar-refractivity contribution in [1.82, 2.24) is 0 Å². The molecule has 0 saturated heterocycles. The van der Waals surface area contributed by atoms with Crippen molar-refractivity contribution in [2.45, 2.75) is 19.1 Å². The molecule has 0 aliphatic carbocycles. The summed E-state index contributed by atoms with van der Waals surface area (Å²) in [5.74, 6) is 1.89. The quantitative estimate of drug-likeness (QED) is 0.804. The van der Waals surface area contributed by atoms with Crippen molar-refractivity contribution >= 4 is 34.2 Å². The van der Waals surface area contributed by atoms with Crippen LogP contribution in [0.25, 0.3) is 0 Å². The van der Waals surface area contributed by atoms with Crippen LogP contribution < -0.4 is 9.64 Å². The Kier molecular flexibility index (Phi) is 4.86. The molecular weight excluding hydrogens is 368 g/mol. The summed E-state index contributed by atoms with van der Waals surface area (Å²) < 4.78 is 7.96. The molecule has 0 unspecified atom stereocenters. The van der Waals surface area contributed by atoms with E-state index in [9.17, 15) is 5.11 Å². The van der Waals surface area contributed by atoms with Crippen molar-refractivity contribution < 1.29 is 14.4 Å². The van der Waals surface area contributed by atoms with Crippen LogP contribution in [0.1, 0.15) is 18.9 Å². The van der Waals surface area contributed by atoms with Crippen molar-refractivity contribution in [1.29, 1.82) is 0 Å². The fourth-order valence-corrected chi connectivity index (χ4v) is 4.91. The van der Waals surface area contributed by atoms with E-state index in [0.29, 0.717) is 18.2 Å². The molecule has 0 spiro atoms. The fraction of sp³-hybridized carbons (Fsp3) is 0.350. The van der Waals surface area contributed by atoms with E-state index in [2.05, 4.69) is 15.5 Å². The summed E-state index contributed by atoms with van der Waals surface area (Å²) in [6.07, 6.45) is 1.05. The first-order valence-corrected chi connectivity index (χ1v) is 10.2. The van der Waals surface area contributed by atoms with E-state index in [0.717, 1.165) is 40.9 Å². The van der Waals surface area contributed by atoms with Gasteiger partial charge in [-0.2, -0.15) is 0 Å². The molecule has 0 amide bonds. The third kappa shape index (κ3) is 2.98. The number of thioether (sulfide) groups is 1. The molecule has 4 nitrogen and oxygen atoms in total. The molecule has 2 heterocycles. The number of benzene rings is 2. The molecule has 136 valence electrons. The molecule has 2 aliphatic heterocycles. The zero-order valence-electron chi connectivity index (χ0n) is 14.7. The molecule has 0 radical (unpaired) electrons. The van der Waals surface area contributed by atoms with Gasteiger partial charge in [0.25, 0.3) is 5.72 Å². The Hall–Kier alpha value is -1.69. The summed E-state index contributed by atoms with van der Waals surface area (Å²) in [6, 6.07) is 15.5. The van der Waals surface area contributed by atoms with E-state index in [4.69, 9.17) is 16.3 Å². The Balaban J connectivity index is 1.79. The summed E-state index contributed by atoms with van der Waals surface area (Å²) in [5.41, 5.74) is 0.777. The number of ether oxygens (including phenoxy) is 1. The van der Waals surface area contributed by atoms with Crippen molar-refractivity contribution in [2.75, 3.05) is 30.3 Å². The zero-order chi connectivity index (χ0) is 18.1. The SMILES string of the molecule is CCOc1ccccc1N1C[C@](O)(c2ccc(Cl)cc2)[N+]2=C1SCCC2. The van der Waals surface area contributed by atoms with Crippen LogP contribution in [0.2, 0.25) is 5.02 Å². The second kappa shape index (κ2) is 7.14. The predicted octanol–water partition coefficient (Wildman–Crippen LogP) is 3.91. The molecule has 0 fully saturated rings. The predicted molar refractivity (Wildman–Crippen MR) is 108 cm³/mol. The van der Waals surface area contributed by atoms with Gasteiger partial charge in [0, 0.05) is 16.3 Å². The van der Waals surface area contributed by atoms with Gasteiger partial charge in [0.05, 0.1) is 13.2 Å². The zero-order valence-corrected chi connectivity index (χ0v) is 16.3. The normalized spacial score (nSPS) is 22.5. The van der Waals surface area contributed by atoms with Gasteiger partial charge in [-0.15, -0.1) is 0 Å². The molecule has 0 aromatic heterocycles. The smallest absolute Gasteiger partial charge is 0.316 e. The van der Waals surface area contributed by atoms with Crippen LogP contribution in [0.3, 0.4) is 0 Å². The van der Waals surface area contributed by atoms with Crippen LogP contribution in [0.5, 0.6) is 5.75 Å². The number of nitrogens with zero attached hydrogens (tertiary/aromatic N) is 2. The van der Waals surface area contributed by atoms with Crippen molar-refractivity contribution in [2.24, 2.45) is 0 Å². The fourth-order valence-electron chi connectivity index (χ4n) is 3.61. The van der Waals surface area contributed by atoms with Gasteiger partial charge in [-0.1, -0.05) is 35.9 Å². The second-order valence-electron chi connectivity index (χ2n) is 6.45. The first-order chi connectivity index (χ1) is 12.6. The van der Waals surface area contributed by atoms with Gasteiger partial charge in [0.15, 0.2) is 18.0 Å². The minimum absolute atomic E-state index is 0.459. The topological polar surface area (TPSA) is 35.7 Å². The summed E-state index contributed by atoms with van der Waals surface area (Å²) >= 11 is 7.84. The Morgan fingerprint density at radius 2 is 2.00 bits per heavy atom. The van der Waals surface area contributed by atoms with E-state index in [1.54, 1.807) is 11.8 Å². The summed E-state index contributed by atoms with van der Waals surface area (Å²) in [4.78, 5) is 2.18. The number of β-amino-alcohol motifs (C(OH)–C–C–N with tert-alkyl or cyclic N) is 1. The summed E-state index contributed by atoms with van der Waals surface area (Å²) in [5, 5.41) is 13.4. The van der Waals surface area contributed by atoms with Gasteiger partial charge < -0.3 is 9.84 Å². The van der Waals surface area contributed by atoms with Crippen LogP contribution in [0.15, 0.2) is 48.5 Å². The Bertz CT molecular complexity index is 840. The van der Waals surface area contributed by atoms with E-state index in [1.165, 1.54) is 0 Å². The highest BCUT2D eigenvalue weighted by Crippen LogP contribution is 2.40. The number of rotatable bonds is 4. The molecule has 2 aromatic carbocycles. The molecule has 26 heavy (non-hydrogen) atoms. The van der Waals surface area contributed by atoms with E-state index in [-0.39, 0.29) is 0 Å². The first kappa shape index (κ1) is 17.7. The number of anilines is 1. The van der Waals surface area contributed by atoms with Gasteiger partial charge in [0.1, 0.15) is 0 Å². The summed E-state index contributed by atoms with van der Waals surface area (Å²) in [7, 11) is 0. The number of hydrogen-bond acceptors (Lipinski definition) is 4. The van der Waals surface area contributed by atoms with Gasteiger partial charge in [-0.25, -0.2) is 9.48 Å². The van der Waals surface area contributed by atoms with Crippen molar-refractivity contribution in [3.05, 3.63) is 59.1 Å². The lowest BCUT2D eigenvalue weighted by molar-refractivity contribution is -0.656. The molecule has 6 heteroatoms. The third-order valence-electron chi connectivity index (χ3n) is 4.81. The molecule has 1 N–H and O–H groups in total. The highest BCUT2D eigenvalue weighted by molar-refractivity contribution is 8.13. The molecule has 1 atom stereocenters. The molecule has 0 saturated carbocycles. The Morgan fingerprint density at radius 1 is 1.23 bits per heavy atom. The maximum Gasteiger partial charge on any atom is 0.316 e. The minimum Gasteiger partial charge on any atom is -0.489 e. The van der Waals surface area contributed by atoms with Gasteiger partial charge in [0.2, 0.25) is 0 Å². The first-order valence-electron chi connectivity index (χ1n) is 8.88. The van der Waals surface area contributed by atoms with E-state index < -0.39 is 5.72 Å². The van der Waals surface area contributed by atoms with E-state index in [1.807, 2.05) is 49.4 Å². The molecule has 2 aromatic rings. The van der Waals surface area contributed by atoms with Crippen LogP contribution in [0.4, 0.5) is 5.69 Å². The maximum absolute atomic E-state index is 11.7. The highest BCUT2D eigenvalue weighted by atomic mass is 35.5. The van der Waals surface area contributed by atoms with Crippen LogP contribution in [-0.2, 0) is 5.72 Å². The molecule has 0 bridgehead atoms. The highest BCUT2D eigenvalue weighted by Gasteiger charge is 2.53. The Morgan fingerprint density at radius 3 is 2.77 bits per heavy atom. The number of amidine groups is 1. The standard InChI is InChI=1S/C20H22ClN2O2S/c1-2-25-18-7-4-3-6-17(18)22-14-20(24,15-8-10-16(21)11-9-15)23-12-5-13-26-19(22)23/h3-4,6-11,24H,2,5,12-14H2,1H3/q+1/t20-/m0/s1. The number of hydrogen-bond donors (Lipinski definition) is 1. The molecular formula is C20H22ClN2O2S+. The lowest BCUT2D eigenvalue weighted by Gasteiger charge is -2.24.